The van der Waals surface area contributed by atoms with Gasteiger partial charge in [0, 0.05) is 9.79 Å². The van der Waals surface area contributed by atoms with Crippen LogP contribution in [0.1, 0.15) is 24.1 Å². The third-order valence-electron chi connectivity index (χ3n) is 4.55. The van der Waals surface area contributed by atoms with Gasteiger partial charge >= 0.3 is 6.03 Å². The van der Waals surface area contributed by atoms with Gasteiger partial charge in [-0.25, -0.2) is 4.79 Å². The molecule has 1 heterocycles. The predicted octanol–water partition coefficient (Wildman–Crippen LogP) is 6.07. The van der Waals surface area contributed by atoms with Crippen LogP contribution in [-0.2, 0) is 0 Å². The van der Waals surface area contributed by atoms with E-state index >= 15 is 0 Å². The largest absolute Gasteiger partial charge is 0.331 e. The van der Waals surface area contributed by atoms with Crippen molar-refractivity contribution < 1.29 is 4.79 Å². The van der Waals surface area contributed by atoms with E-state index in [1.54, 1.807) is 16.7 Å². The molecule has 2 amide bonds. The zero-order valence-corrected chi connectivity index (χ0v) is 15.6. The fourth-order valence-corrected chi connectivity index (χ4v) is 4.17. The van der Waals surface area contributed by atoms with Crippen LogP contribution in [0.25, 0.3) is 0 Å². The third kappa shape index (κ3) is 3.08. The number of para-hydroxylation sites is 2. The number of rotatable bonds is 2. The SMILES string of the molecule is Cc1ccc([C@H](C)NC(=O)N2c3ccccc3Sc3ccccc32)cc1. The van der Waals surface area contributed by atoms with E-state index in [0.717, 1.165) is 26.7 Å². The van der Waals surface area contributed by atoms with Crippen LogP contribution in [0.5, 0.6) is 0 Å². The number of fused-ring (bicyclic) bond motifs is 2. The molecule has 0 bridgehead atoms. The molecule has 1 aliphatic heterocycles. The Bertz CT molecular complexity index is 907. The summed E-state index contributed by atoms with van der Waals surface area (Å²) >= 11 is 1.70. The van der Waals surface area contributed by atoms with E-state index in [4.69, 9.17) is 0 Å². The van der Waals surface area contributed by atoms with Gasteiger partial charge in [-0.2, -0.15) is 0 Å². The fourth-order valence-electron chi connectivity index (χ4n) is 3.11. The van der Waals surface area contributed by atoms with Crippen LogP contribution in [0.2, 0.25) is 0 Å². The molecular formula is C22H20N2OS. The molecule has 0 fully saturated rings. The second-order valence-electron chi connectivity index (χ2n) is 6.45. The van der Waals surface area contributed by atoms with Crippen molar-refractivity contribution in [1.29, 1.82) is 0 Å². The highest BCUT2D eigenvalue weighted by atomic mass is 32.2. The summed E-state index contributed by atoms with van der Waals surface area (Å²) in [5.41, 5.74) is 4.15. The highest BCUT2D eigenvalue weighted by Crippen LogP contribution is 2.47. The van der Waals surface area contributed by atoms with Crippen LogP contribution >= 0.6 is 11.8 Å². The summed E-state index contributed by atoms with van der Waals surface area (Å²) in [7, 11) is 0. The first-order valence-electron chi connectivity index (χ1n) is 8.66. The summed E-state index contributed by atoms with van der Waals surface area (Å²) < 4.78 is 0. The smallest absolute Gasteiger partial charge is 0.327 e. The van der Waals surface area contributed by atoms with Gasteiger partial charge in [-0.05, 0) is 43.7 Å². The molecule has 26 heavy (non-hydrogen) atoms. The molecule has 3 nitrogen and oxygen atoms in total. The molecule has 1 aliphatic rings. The van der Waals surface area contributed by atoms with E-state index < -0.39 is 0 Å². The number of carbonyl (C=O) groups excluding carboxylic acids is 1. The Balaban J connectivity index is 1.66. The molecule has 1 N–H and O–H groups in total. The minimum Gasteiger partial charge on any atom is -0.331 e. The van der Waals surface area contributed by atoms with Gasteiger partial charge in [-0.3, -0.25) is 4.90 Å². The van der Waals surface area contributed by atoms with Gasteiger partial charge in [0.2, 0.25) is 0 Å². The number of benzene rings is 3. The Morgan fingerprint density at radius 1 is 0.885 bits per heavy atom. The minimum absolute atomic E-state index is 0.0722. The number of anilines is 2. The summed E-state index contributed by atoms with van der Waals surface area (Å²) in [6.45, 7) is 4.07. The molecule has 3 aromatic carbocycles. The van der Waals surface area contributed by atoms with Gasteiger partial charge in [-0.1, -0.05) is 65.9 Å². The van der Waals surface area contributed by atoms with Crippen LogP contribution in [0.4, 0.5) is 16.2 Å². The van der Waals surface area contributed by atoms with Crippen molar-refractivity contribution in [2.45, 2.75) is 29.7 Å². The fraction of sp³-hybridized carbons (Fsp3) is 0.136. The second kappa shape index (κ2) is 6.89. The van der Waals surface area contributed by atoms with Crippen molar-refractivity contribution in [2.24, 2.45) is 0 Å². The molecule has 0 saturated heterocycles. The molecule has 0 spiro atoms. The van der Waals surface area contributed by atoms with Crippen LogP contribution in [0, 0.1) is 6.92 Å². The van der Waals surface area contributed by atoms with Gasteiger partial charge in [0.05, 0.1) is 17.4 Å². The molecule has 1 atom stereocenters. The highest BCUT2D eigenvalue weighted by Gasteiger charge is 2.28. The number of hydrogen-bond donors (Lipinski definition) is 1. The molecule has 4 rings (SSSR count). The first-order valence-corrected chi connectivity index (χ1v) is 9.48. The zero-order chi connectivity index (χ0) is 18.1. The summed E-state index contributed by atoms with van der Waals surface area (Å²) in [4.78, 5) is 17.1. The molecule has 0 saturated carbocycles. The van der Waals surface area contributed by atoms with Crippen molar-refractivity contribution in [1.82, 2.24) is 5.32 Å². The monoisotopic (exact) mass is 360 g/mol. The Hall–Kier alpha value is -2.72. The van der Waals surface area contributed by atoms with Crippen LogP contribution in [-0.4, -0.2) is 6.03 Å². The highest BCUT2D eigenvalue weighted by molar-refractivity contribution is 7.99. The topological polar surface area (TPSA) is 32.3 Å². The molecule has 0 radical (unpaired) electrons. The van der Waals surface area contributed by atoms with E-state index in [2.05, 4.69) is 48.6 Å². The average molecular weight is 360 g/mol. The normalized spacial score (nSPS) is 13.5. The van der Waals surface area contributed by atoms with Crippen LogP contribution in [0.15, 0.2) is 82.6 Å². The van der Waals surface area contributed by atoms with E-state index in [0.29, 0.717) is 0 Å². The van der Waals surface area contributed by atoms with Gasteiger partial charge in [-0.15, -0.1) is 0 Å². The van der Waals surface area contributed by atoms with E-state index in [-0.39, 0.29) is 12.1 Å². The zero-order valence-electron chi connectivity index (χ0n) is 14.8. The summed E-state index contributed by atoms with van der Waals surface area (Å²) in [5, 5.41) is 3.14. The Labute approximate surface area is 158 Å². The summed E-state index contributed by atoms with van der Waals surface area (Å²) in [6, 6.07) is 24.1. The number of nitrogens with zero attached hydrogens (tertiary/aromatic N) is 1. The molecule has 0 aliphatic carbocycles. The maximum absolute atomic E-state index is 13.2. The Morgan fingerprint density at radius 2 is 1.42 bits per heavy atom. The van der Waals surface area contributed by atoms with Gasteiger partial charge < -0.3 is 5.32 Å². The second-order valence-corrected chi connectivity index (χ2v) is 7.54. The number of urea groups is 1. The quantitative estimate of drug-likeness (QED) is 0.601. The standard InChI is InChI=1S/C22H20N2OS/c1-15-11-13-17(14-12-15)16(2)23-22(25)24-18-7-3-5-9-20(18)26-21-10-6-4-8-19(21)24/h3-14,16H,1-2H3,(H,23,25)/t16-/m0/s1. The lowest BCUT2D eigenvalue weighted by Gasteiger charge is -2.32. The summed E-state index contributed by atoms with van der Waals surface area (Å²) in [6.07, 6.45) is 0. The Kier molecular flexibility index (Phi) is 4.43. The Morgan fingerprint density at radius 3 is 2.00 bits per heavy atom. The van der Waals surface area contributed by atoms with Crippen molar-refractivity contribution in [3.63, 3.8) is 0 Å². The van der Waals surface area contributed by atoms with Gasteiger partial charge in [0.25, 0.3) is 0 Å². The van der Waals surface area contributed by atoms with Crippen molar-refractivity contribution in [2.75, 3.05) is 4.90 Å². The number of nitrogens with one attached hydrogen (secondary N) is 1. The lowest BCUT2D eigenvalue weighted by molar-refractivity contribution is 0.245. The van der Waals surface area contributed by atoms with Gasteiger partial charge in [0.1, 0.15) is 0 Å². The van der Waals surface area contributed by atoms with Crippen molar-refractivity contribution in [3.05, 3.63) is 83.9 Å². The molecule has 0 aromatic heterocycles. The maximum atomic E-state index is 13.2. The van der Waals surface area contributed by atoms with Crippen molar-refractivity contribution >= 4 is 29.2 Å². The first kappa shape index (κ1) is 16.7. The number of aryl methyl sites for hydroxylation is 1. The molecule has 4 heteroatoms. The third-order valence-corrected chi connectivity index (χ3v) is 5.68. The molecule has 0 unspecified atom stereocenters. The van der Waals surface area contributed by atoms with E-state index in [1.165, 1.54) is 5.56 Å². The molecular weight excluding hydrogens is 340 g/mol. The van der Waals surface area contributed by atoms with Crippen molar-refractivity contribution in [3.8, 4) is 0 Å². The number of carbonyl (C=O) groups is 1. The summed E-state index contributed by atoms with van der Waals surface area (Å²) in [5.74, 6) is 0. The number of amides is 2. The minimum atomic E-state index is -0.113. The lowest BCUT2D eigenvalue weighted by Crippen LogP contribution is -2.39. The first-order chi connectivity index (χ1) is 12.6. The van der Waals surface area contributed by atoms with E-state index in [1.807, 2.05) is 43.3 Å². The van der Waals surface area contributed by atoms with Crippen LogP contribution in [0.3, 0.4) is 0 Å². The average Bonchev–Trinajstić information content (AvgIpc) is 2.66. The number of hydrogen-bond acceptors (Lipinski definition) is 2. The van der Waals surface area contributed by atoms with E-state index in [9.17, 15) is 4.79 Å². The molecule has 130 valence electrons. The predicted molar refractivity (Wildman–Crippen MR) is 107 cm³/mol. The lowest BCUT2D eigenvalue weighted by atomic mass is 10.1. The maximum Gasteiger partial charge on any atom is 0.327 e. The van der Waals surface area contributed by atoms with Gasteiger partial charge in [0.15, 0.2) is 0 Å². The van der Waals surface area contributed by atoms with Crippen LogP contribution < -0.4 is 10.2 Å². The molecule has 3 aromatic rings.